The summed E-state index contributed by atoms with van der Waals surface area (Å²) in [5.74, 6) is -1.02. The SMILES string of the molecule is CCC(c1cn(-c2ccccc2)nn1)n1cc(-c2cnc(C(F)(F)F)nc2)c2c(N)ncnc21. The second-order valence-corrected chi connectivity index (χ2v) is 7.55. The molecule has 2 N–H and O–H groups in total. The Morgan fingerprint density at radius 1 is 1.00 bits per heavy atom. The molecule has 1 aromatic carbocycles. The van der Waals surface area contributed by atoms with Crippen LogP contribution >= 0.6 is 0 Å². The minimum atomic E-state index is -4.63. The zero-order valence-corrected chi connectivity index (χ0v) is 17.8. The standard InChI is InChI=1S/C22H18F3N9/c1-2-17(16-11-34(32-31-16)14-6-4-3-5-7-14)33-10-15(18-19(26)29-12-30-20(18)33)13-8-27-21(28-9-13)22(23,24)25/h3-12,17H,2H2,1H3,(H2,26,29,30). The van der Waals surface area contributed by atoms with Gasteiger partial charge >= 0.3 is 6.18 Å². The molecule has 34 heavy (non-hydrogen) atoms. The summed E-state index contributed by atoms with van der Waals surface area (Å²) in [7, 11) is 0. The van der Waals surface area contributed by atoms with Crippen molar-refractivity contribution < 1.29 is 13.2 Å². The second kappa shape index (κ2) is 8.21. The third-order valence-corrected chi connectivity index (χ3v) is 5.45. The highest BCUT2D eigenvalue weighted by atomic mass is 19.4. The lowest BCUT2D eigenvalue weighted by atomic mass is 10.1. The lowest BCUT2D eigenvalue weighted by molar-refractivity contribution is -0.144. The van der Waals surface area contributed by atoms with E-state index in [2.05, 4.69) is 30.2 Å². The van der Waals surface area contributed by atoms with E-state index in [-0.39, 0.29) is 11.9 Å². The molecule has 4 heterocycles. The maximum Gasteiger partial charge on any atom is 0.451 e. The fourth-order valence-corrected chi connectivity index (χ4v) is 3.86. The zero-order chi connectivity index (χ0) is 23.9. The first-order chi connectivity index (χ1) is 16.4. The van der Waals surface area contributed by atoms with Gasteiger partial charge in [-0.05, 0) is 18.6 Å². The number of hydrogen-bond donors (Lipinski definition) is 1. The summed E-state index contributed by atoms with van der Waals surface area (Å²) < 4.78 is 42.3. The fraction of sp³-hybridized carbons (Fsp3) is 0.182. The molecule has 0 bridgehead atoms. The molecule has 0 aliphatic heterocycles. The molecule has 1 atom stereocenters. The van der Waals surface area contributed by atoms with E-state index in [4.69, 9.17) is 5.73 Å². The van der Waals surface area contributed by atoms with Crippen LogP contribution in [0.2, 0.25) is 0 Å². The van der Waals surface area contributed by atoms with E-state index < -0.39 is 12.0 Å². The summed E-state index contributed by atoms with van der Waals surface area (Å²) >= 11 is 0. The number of alkyl halides is 3. The van der Waals surface area contributed by atoms with Gasteiger partial charge in [-0.25, -0.2) is 24.6 Å². The quantitative estimate of drug-likeness (QED) is 0.416. The highest BCUT2D eigenvalue weighted by Gasteiger charge is 2.34. The fourth-order valence-electron chi connectivity index (χ4n) is 3.86. The Hall–Kier alpha value is -4.35. The molecule has 0 spiro atoms. The van der Waals surface area contributed by atoms with Crippen LogP contribution in [0.25, 0.3) is 27.8 Å². The third-order valence-electron chi connectivity index (χ3n) is 5.45. The van der Waals surface area contributed by atoms with Crippen molar-refractivity contribution in [2.24, 2.45) is 0 Å². The van der Waals surface area contributed by atoms with Gasteiger partial charge in [-0.1, -0.05) is 30.3 Å². The van der Waals surface area contributed by atoms with Crippen LogP contribution in [0.1, 0.15) is 30.9 Å². The molecule has 172 valence electrons. The Morgan fingerprint density at radius 3 is 2.41 bits per heavy atom. The van der Waals surface area contributed by atoms with Crippen LogP contribution in [0.4, 0.5) is 19.0 Å². The molecular formula is C22H18F3N9. The normalized spacial score (nSPS) is 12.8. The minimum absolute atomic E-state index is 0.196. The van der Waals surface area contributed by atoms with E-state index in [0.717, 1.165) is 18.1 Å². The minimum Gasteiger partial charge on any atom is -0.383 e. The Kier molecular flexibility index (Phi) is 5.19. The van der Waals surface area contributed by atoms with E-state index >= 15 is 0 Å². The van der Waals surface area contributed by atoms with E-state index in [9.17, 15) is 13.2 Å². The lowest BCUT2D eigenvalue weighted by Crippen LogP contribution is -2.10. The maximum absolute atomic E-state index is 12.9. The van der Waals surface area contributed by atoms with Crippen LogP contribution in [-0.4, -0.2) is 39.5 Å². The number of halogens is 3. The van der Waals surface area contributed by atoms with E-state index in [1.54, 1.807) is 10.9 Å². The van der Waals surface area contributed by atoms with Crippen LogP contribution in [0, 0.1) is 0 Å². The Morgan fingerprint density at radius 2 is 1.74 bits per heavy atom. The summed E-state index contributed by atoms with van der Waals surface area (Å²) in [6.45, 7) is 1.99. The smallest absolute Gasteiger partial charge is 0.383 e. The van der Waals surface area contributed by atoms with Crippen LogP contribution in [0.3, 0.4) is 0 Å². The van der Waals surface area contributed by atoms with Gasteiger partial charge in [0.05, 0.1) is 23.3 Å². The van der Waals surface area contributed by atoms with Crippen molar-refractivity contribution in [3.63, 3.8) is 0 Å². The molecule has 1 unspecified atom stereocenters. The predicted octanol–water partition coefficient (Wildman–Crippen LogP) is 4.07. The molecule has 0 saturated heterocycles. The van der Waals surface area contributed by atoms with Crippen molar-refractivity contribution in [3.8, 4) is 16.8 Å². The Labute approximate surface area is 191 Å². The van der Waals surface area contributed by atoms with Crippen molar-refractivity contribution >= 4 is 16.9 Å². The van der Waals surface area contributed by atoms with Gasteiger partial charge in [0, 0.05) is 29.7 Å². The molecule has 0 aliphatic carbocycles. The molecule has 5 rings (SSSR count). The number of aromatic nitrogens is 8. The molecule has 0 radical (unpaired) electrons. The Bertz CT molecular complexity index is 1440. The number of nitrogens with two attached hydrogens (primary N) is 1. The van der Waals surface area contributed by atoms with Gasteiger partial charge in [0.2, 0.25) is 5.82 Å². The van der Waals surface area contributed by atoms with Gasteiger partial charge in [0.25, 0.3) is 0 Å². The van der Waals surface area contributed by atoms with Gasteiger partial charge in [-0.3, -0.25) is 0 Å². The first kappa shape index (κ1) is 21.5. The number of anilines is 1. The molecule has 0 fully saturated rings. The molecule has 4 aromatic heterocycles. The van der Waals surface area contributed by atoms with Crippen molar-refractivity contribution in [2.75, 3.05) is 5.73 Å². The highest BCUT2D eigenvalue weighted by Crippen LogP contribution is 2.36. The largest absolute Gasteiger partial charge is 0.451 e. The van der Waals surface area contributed by atoms with Crippen molar-refractivity contribution in [3.05, 3.63) is 73.0 Å². The predicted molar refractivity (Wildman–Crippen MR) is 118 cm³/mol. The maximum atomic E-state index is 12.9. The topological polar surface area (TPSA) is 113 Å². The van der Waals surface area contributed by atoms with Gasteiger partial charge in [-0.2, -0.15) is 13.2 Å². The van der Waals surface area contributed by atoms with Crippen LogP contribution in [0.5, 0.6) is 0 Å². The number of rotatable bonds is 5. The highest BCUT2D eigenvalue weighted by molar-refractivity contribution is 6.00. The van der Waals surface area contributed by atoms with Crippen LogP contribution < -0.4 is 5.73 Å². The van der Waals surface area contributed by atoms with Gasteiger partial charge < -0.3 is 10.3 Å². The zero-order valence-electron chi connectivity index (χ0n) is 17.8. The summed E-state index contributed by atoms with van der Waals surface area (Å²) in [5, 5.41) is 9.10. The monoisotopic (exact) mass is 465 g/mol. The average molecular weight is 465 g/mol. The molecule has 5 aromatic rings. The summed E-state index contributed by atoms with van der Waals surface area (Å²) in [5.41, 5.74) is 9.11. The Balaban J connectivity index is 1.62. The van der Waals surface area contributed by atoms with E-state index in [1.165, 1.54) is 6.33 Å². The summed E-state index contributed by atoms with van der Waals surface area (Å²) in [6, 6.07) is 9.30. The number of para-hydroxylation sites is 1. The molecule has 0 aliphatic rings. The molecule has 0 saturated carbocycles. The molecular weight excluding hydrogens is 447 g/mol. The van der Waals surface area contributed by atoms with Crippen LogP contribution in [-0.2, 0) is 6.18 Å². The van der Waals surface area contributed by atoms with Gasteiger partial charge in [-0.15, -0.1) is 5.10 Å². The molecule has 12 heteroatoms. The second-order valence-electron chi connectivity index (χ2n) is 7.55. The summed E-state index contributed by atoms with van der Waals surface area (Å²) in [4.78, 5) is 15.4. The van der Waals surface area contributed by atoms with Crippen molar-refractivity contribution in [1.82, 2.24) is 39.5 Å². The third kappa shape index (κ3) is 3.72. The number of benzene rings is 1. The summed E-state index contributed by atoms with van der Waals surface area (Å²) in [6.07, 6.45) is 3.19. The first-order valence-electron chi connectivity index (χ1n) is 10.3. The lowest BCUT2D eigenvalue weighted by Gasteiger charge is -2.15. The average Bonchev–Trinajstić information content (AvgIpc) is 3.47. The van der Waals surface area contributed by atoms with E-state index in [1.807, 2.05) is 48.0 Å². The van der Waals surface area contributed by atoms with Gasteiger partial charge in [0.15, 0.2) is 0 Å². The number of nitrogen functional groups attached to an aromatic ring is 1. The molecule has 0 amide bonds. The van der Waals surface area contributed by atoms with Gasteiger partial charge in [0.1, 0.15) is 23.5 Å². The first-order valence-corrected chi connectivity index (χ1v) is 10.3. The van der Waals surface area contributed by atoms with Crippen LogP contribution in [0.15, 0.2) is 61.4 Å². The number of fused-ring (bicyclic) bond motifs is 1. The molecule has 9 nitrogen and oxygen atoms in total. The van der Waals surface area contributed by atoms with E-state index in [0.29, 0.717) is 34.3 Å². The van der Waals surface area contributed by atoms with Crippen molar-refractivity contribution in [2.45, 2.75) is 25.6 Å². The number of nitrogens with zero attached hydrogens (tertiary/aromatic N) is 8. The number of hydrogen-bond acceptors (Lipinski definition) is 7. The van der Waals surface area contributed by atoms with Crippen molar-refractivity contribution in [1.29, 1.82) is 0 Å².